The summed E-state index contributed by atoms with van der Waals surface area (Å²) in [5.41, 5.74) is 0. The monoisotopic (exact) mass is 226 g/mol. The molecule has 0 N–H and O–H groups in total. The lowest BCUT2D eigenvalue weighted by molar-refractivity contribution is -0.154. The smallest absolute Gasteiger partial charge is 0.384 e. The molecule has 1 fully saturated rings. The van der Waals surface area contributed by atoms with Crippen LogP contribution in [0.3, 0.4) is 0 Å². The van der Waals surface area contributed by atoms with Crippen molar-refractivity contribution in [3.8, 4) is 11.8 Å². The highest BCUT2D eigenvalue weighted by molar-refractivity contribution is 5.88. The van der Waals surface area contributed by atoms with Crippen molar-refractivity contribution in [2.75, 3.05) is 13.2 Å². The molecule has 0 aromatic heterocycles. The fourth-order valence-corrected chi connectivity index (χ4v) is 1.33. The maximum absolute atomic E-state index is 11.0. The summed E-state index contributed by atoms with van der Waals surface area (Å²) in [5, 5.41) is 0. The zero-order valence-electron chi connectivity index (χ0n) is 9.82. The predicted octanol–water partition coefficient (Wildman–Crippen LogP) is 1.48. The number of carbonyl (C=O) groups is 1. The largest absolute Gasteiger partial charge is 0.453 e. The summed E-state index contributed by atoms with van der Waals surface area (Å²) in [5.74, 6) is 4.46. The van der Waals surface area contributed by atoms with Crippen molar-refractivity contribution in [1.29, 1.82) is 0 Å². The van der Waals surface area contributed by atoms with Gasteiger partial charge in [-0.3, -0.25) is 0 Å². The normalized spacial score (nSPS) is 20.1. The summed E-state index contributed by atoms with van der Waals surface area (Å²) in [6.45, 7) is 4.52. The molecule has 4 nitrogen and oxygen atoms in total. The molecule has 0 amide bonds. The average molecular weight is 226 g/mol. The Kier molecular flexibility index (Phi) is 5.91. The molecule has 0 aromatic carbocycles. The molecule has 1 saturated heterocycles. The third kappa shape index (κ3) is 5.74. The van der Waals surface area contributed by atoms with Gasteiger partial charge in [0.05, 0.1) is 6.10 Å². The van der Waals surface area contributed by atoms with E-state index in [9.17, 15) is 4.79 Å². The van der Waals surface area contributed by atoms with Crippen molar-refractivity contribution in [3.05, 3.63) is 0 Å². The molecule has 0 aliphatic carbocycles. The van der Waals surface area contributed by atoms with Crippen molar-refractivity contribution in [2.24, 2.45) is 0 Å². The van der Waals surface area contributed by atoms with E-state index < -0.39 is 5.97 Å². The van der Waals surface area contributed by atoms with E-state index in [0.29, 0.717) is 0 Å². The van der Waals surface area contributed by atoms with E-state index >= 15 is 0 Å². The molecule has 16 heavy (non-hydrogen) atoms. The first kappa shape index (κ1) is 13.0. The van der Waals surface area contributed by atoms with E-state index in [1.54, 1.807) is 13.8 Å². The van der Waals surface area contributed by atoms with Crippen LogP contribution in [-0.2, 0) is 19.0 Å². The zero-order chi connectivity index (χ0) is 11.8. The van der Waals surface area contributed by atoms with Gasteiger partial charge in [-0.1, -0.05) is 5.92 Å². The number of ether oxygens (including phenoxy) is 3. The second kappa shape index (κ2) is 7.26. The second-order valence-electron chi connectivity index (χ2n) is 3.86. The van der Waals surface area contributed by atoms with Crippen molar-refractivity contribution >= 4 is 5.97 Å². The Balaban J connectivity index is 2.13. The minimum atomic E-state index is -0.511. The first-order chi connectivity index (χ1) is 7.68. The van der Waals surface area contributed by atoms with Crippen LogP contribution < -0.4 is 0 Å². The van der Waals surface area contributed by atoms with E-state index in [2.05, 4.69) is 11.8 Å². The molecule has 0 spiro atoms. The van der Waals surface area contributed by atoms with Crippen LogP contribution in [0.1, 0.15) is 33.1 Å². The van der Waals surface area contributed by atoms with Gasteiger partial charge >= 0.3 is 5.97 Å². The molecule has 0 saturated carbocycles. The highest BCUT2D eigenvalue weighted by atomic mass is 16.7. The number of esters is 1. The summed E-state index contributed by atoms with van der Waals surface area (Å²) >= 11 is 0. The van der Waals surface area contributed by atoms with Gasteiger partial charge in [0.15, 0.2) is 6.29 Å². The standard InChI is InChI=1S/C12H18O4/c1-10(2)16-11(13)6-5-9-15-12-7-3-4-8-14-12/h10,12H,3-4,7-9H2,1-2H3. The summed E-state index contributed by atoms with van der Waals surface area (Å²) in [4.78, 5) is 11.0. The fraction of sp³-hybridized carbons (Fsp3) is 0.750. The Hall–Kier alpha value is -1.05. The van der Waals surface area contributed by atoms with Gasteiger partial charge in [0.25, 0.3) is 0 Å². The van der Waals surface area contributed by atoms with Crippen LogP contribution in [0.25, 0.3) is 0 Å². The summed E-state index contributed by atoms with van der Waals surface area (Å²) in [6.07, 6.45) is 2.81. The first-order valence-corrected chi connectivity index (χ1v) is 5.61. The van der Waals surface area contributed by atoms with Crippen LogP contribution in [-0.4, -0.2) is 31.6 Å². The van der Waals surface area contributed by atoms with Crippen LogP contribution in [0.5, 0.6) is 0 Å². The predicted molar refractivity (Wildman–Crippen MR) is 58.5 cm³/mol. The van der Waals surface area contributed by atoms with Gasteiger partial charge in [-0.2, -0.15) is 0 Å². The van der Waals surface area contributed by atoms with E-state index in [4.69, 9.17) is 14.2 Å². The van der Waals surface area contributed by atoms with Crippen molar-refractivity contribution in [3.63, 3.8) is 0 Å². The highest BCUT2D eigenvalue weighted by Crippen LogP contribution is 2.12. The summed E-state index contributed by atoms with van der Waals surface area (Å²) < 4.78 is 15.5. The quantitative estimate of drug-likeness (QED) is 0.415. The second-order valence-corrected chi connectivity index (χ2v) is 3.86. The SMILES string of the molecule is CC(C)OC(=O)C#CCOC1CCCCO1. The number of carbonyl (C=O) groups excluding carboxylic acids is 1. The Bertz CT molecular complexity index is 268. The average Bonchev–Trinajstić information content (AvgIpc) is 2.25. The van der Waals surface area contributed by atoms with Crippen LogP contribution >= 0.6 is 0 Å². The molecule has 1 atom stereocenters. The van der Waals surface area contributed by atoms with Gasteiger partial charge < -0.3 is 14.2 Å². The molecule has 1 heterocycles. The first-order valence-electron chi connectivity index (χ1n) is 5.61. The Labute approximate surface area is 96.2 Å². The Morgan fingerprint density at radius 3 is 2.94 bits per heavy atom. The molecule has 0 radical (unpaired) electrons. The summed E-state index contributed by atoms with van der Waals surface area (Å²) in [6, 6.07) is 0. The molecular weight excluding hydrogens is 208 g/mol. The third-order valence-corrected chi connectivity index (χ3v) is 2.01. The van der Waals surface area contributed by atoms with Gasteiger partial charge in [0.1, 0.15) is 6.61 Å². The third-order valence-electron chi connectivity index (χ3n) is 2.01. The zero-order valence-corrected chi connectivity index (χ0v) is 9.82. The minimum Gasteiger partial charge on any atom is -0.453 e. The van der Waals surface area contributed by atoms with E-state index in [1.807, 2.05) is 0 Å². The number of hydrogen-bond acceptors (Lipinski definition) is 4. The van der Waals surface area contributed by atoms with Crippen molar-refractivity contribution in [2.45, 2.75) is 45.5 Å². The Morgan fingerprint density at radius 2 is 2.31 bits per heavy atom. The van der Waals surface area contributed by atoms with Gasteiger partial charge in [-0.25, -0.2) is 4.79 Å². The molecule has 1 unspecified atom stereocenters. The maximum Gasteiger partial charge on any atom is 0.384 e. The van der Waals surface area contributed by atoms with E-state index in [1.165, 1.54) is 0 Å². The van der Waals surface area contributed by atoms with Gasteiger partial charge in [-0.05, 0) is 33.1 Å². The lowest BCUT2D eigenvalue weighted by Gasteiger charge is -2.21. The van der Waals surface area contributed by atoms with Gasteiger partial charge in [-0.15, -0.1) is 0 Å². The molecule has 0 aromatic rings. The van der Waals surface area contributed by atoms with Crippen LogP contribution in [0.4, 0.5) is 0 Å². The highest BCUT2D eigenvalue weighted by Gasteiger charge is 2.12. The molecule has 1 aliphatic heterocycles. The van der Waals surface area contributed by atoms with Crippen molar-refractivity contribution < 1.29 is 19.0 Å². The lowest BCUT2D eigenvalue weighted by Crippen LogP contribution is -2.22. The van der Waals surface area contributed by atoms with Gasteiger partial charge in [0, 0.05) is 12.5 Å². The van der Waals surface area contributed by atoms with E-state index in [0.717, 1.165) is 25.9 Å². The van der Waals surface area contributed by atoms with Crippen LogP contribution in [0, 0.1) is 11.8 Å². The summed E-state index contributed by atoms with van der Waals surface area (Å²) in [7, 11) is 0. The van der Waals surface area contributed by atoms with Crippen LogP contribution in [0.15, 0.2) is 0 Å². The maximum atomic E-state index is 11.0. The fourth-order valence-electron chi connectivity index (χ4n) is 1.33. The molecule has 90 valence electrons. The molecule has 1 aliphatic rings. The minimum absolute atomic E-state index is 0.135. The van der Waals surface area contributed by atoms with Gasteiger partial charge in [0.2, 0.25) is 0 Å². The van der Waals surface area contributed by atoms with Crippen LogP contribution in [0.2, 0.25) is 0 Å². The number of hydrogen-bond donors (Lipinski definition) is 0. The Morgan fingerprint density at radius 1 is 1.50 bits per heavy atom. The molecular formula is C12H18O4. The topological polar surface area (TPSA) is 44.8 Å². The molecule has 1 rings (SSSR count). The number of rotatable bonds is 3. The molecule has 4 heteroatoms. The van der Waals surface area contributed by atoms with E-state index in [-0.39, 0.29) is 19.0 Å². The lowest BCUT2D eigenvalue weighted by atomic mass is 10.2. The molecule has 0 bridgehead atoms. The van der Waals surface area contributed by atoms with Crippen molar-refractivity contribution in [1.82, 2.24) is 0 Å².